The van der Waals surface area contributed by atoms with Crippen LogP contribution in [0.15, 0.2) is 18.7 Å². The lowest BCUT2D eigenvalue weighted by molar-refractivity contribution is 0.167. The van der Waals surface area contributed by atoms with Gasteiger partial charge in [-0.15, -0.1) is 0 Å². The van der Waals surface area contributed by atoms with Crippen molar-refractivity contribution in [3.63, 3.8) is 0 Å². The highest BCUT2D eigenvalue weighted by atomic mass is 16.3. The molecule has 0 aliphatic heterocycles. The summed E-state index contributed by atoms with van der Waals surface area (Å²) in [5.74, 6) is 0. The highest BCUT2D eigenvalue weighted by Crippen LogP contribution is 2.15. The molecule has 1 rings (SSSR count). The molecule has 0 aromatic carbocycles. The van der Waals surface area contributed by atoms with Gasteiger partial charge in [0, 0.05) is 45.2 Å². The monoisotopic (exact) mass is 239 g/mol. The molecule has 0 fully saturated rings. The lowest BCUT2D eigenvalue weighted by Gasteiger charge is -2.29. The first-order valence-corrected chi connectivity index (χ1v) is 6.30. The minimum Gasteiger partial charge on any atom is -0.396 e. The molecule has 0 aliphatic rings. The Morgan fingerprint density at radius 1 is 1.29 bits per heavy atom. The zero-order chi connectivity index (χ0) is 12.7. The molecular weight excluding hydrogens is 214 g/mol. The second kappa shape index (κ2) is 6.77. The molecule has 1 aromatic heterocycles. The molecule has 98 valence electrons. The second-order valence-electron chi connectivity index (χ2n) is 5.71. The Morgan fingerprint density at radius 2 is 2.06 bits per heavy atom. The Labute approximate surface area is 104 Å². The molecule has 0 saturated carbocycles. The predicted octanol–water partition coefficient (Wildman–Crippen LogP) is 1.61. The van der Waals surface area contributed by atoms with Gasteiger partial charge in [0.25, 0.3) is 0 Å². The summed E-state index contributed by atoms with van der Waals surface area (Å²) in [6.45, 7) is 11.0. The highest BCUT2D eigenvalue weighted by molar-refractivity contribution is 4.76. The maximum absolute atomic E-state index is 8.92. The standard InChI is InChI=1S/C13H25N3O/c1-13(2,3)11-15(6-4-10-17)8-9-16-7-5-14-12-16/h5,7,12,17H,4,6,8-11H2,1-3H3. The van der Waals surface area contributed by atoms with Gasteiger partial charge in [0.15, 0.2) is 0 Å². The molecule has 1 heterocycles. The van der Waals surface area contributed by atoms with Gasteiger partial charge in [-0.3, -0.25) is 0 Å². The first-order chi connectivity index (χ1) is 8.01. The number of hydrogen-bond acceptors (Lipinski definition) is 3. The molecule has 0 amide bonds. The van der Waals surface area contributed by atoms with Crippen LogP contribution in [0.1, 0.15) is 27.2 Å². The maximum atomic E-state index is 8.92. The number of aliphatic hydroxyl groups excluding tert-OH is 1. The van der Waals surface area contributed by atoms with Crippen LogP contribution in [-0.4, -0.2) is 45.8 Å². The fourth-order valence-electron chi connectivity index (χ4n) is 1.91. The van der Waals surface area contributed by atoms with Crippen LogP contribution < -0.4 is 0 Å². The van der Waals surface area contributed by atoms with Gasteiger partial charge < -0.3 is 14.6 Å². The van der Waals surface area contributed by atoms with Gasteiger partial charge in [0.1, 0.15) is 0 Å². The minimum atomic E-state index is 0.270. The number of aromatic nitrogens is 2. The largest absolute Gasteiger partial charge is 0.396 e. The van der Waals surface area contributed by atoms with Crippen molar-refractivity contribution in [2.75, 3.05) is 26.2 Å². The van der Waals surface area contributed by atoms with Crippen molar-refractivity contribution in [3.8, 4) is 0 Å². The third-order valence-electron chi connectivity index (χ3n) is 2.56. The van der Waals surface area contributed by atoms with Gasteiger partial charge >= 0.3 is 0 Å². The number of imidazole rings is 1. The lowest BCUT2D eigenvalue weighted by atomic mass is 9.96. The van der Waals surface area contributed by atoms with Crippen LogP contribution in [0, 0.1) is 5.41 Å². The number of aliphatic hydroxyl groups is 1. The van der Waals surface area contributed by atoms with Gasteiger partial charge in [0.2, 0.25) is 0 Å². The molecule has 0 bridgehead atoms. The fourth-order valence-corrected chi connectivity index (χ4v) is 1.91. The summed E-state index contributed by atoms with van der Waals surface area (Å²) in [5, 5.41) is 8.92. The van der Waals surface area contributed by atoms with E-state index < -0.39 is 0 Å². The van der Waals surface area contributed by atoms with Gasteiger partial charge in [-0.1, -0.05) is 20.8 Å². The molecular formula is C13H25N3O. The third-order valence-corrected chi connectivity index (χ3v) is 2.56. The van der Waals surface area contributed by atoms with E-state index in [4.69, 9.17) is 5.11 Å². The first-order valence-electron chi connectivity index (χ1n) is 6.30. The number of nitrogens with zero attached hydrogens (tertiary/aromatic N) is 3. The lowest BCUT2D eigenvalue weighted by Crippen LogP contribution is -2.36. The molecule has 0 unspecified atom stereocenters. The minimum absolute atomic E-state index is 0.270. The van der Waals surface area contributed by atoms with E-state index in [0.29, 0.717) is 5.41 Å². The maximum Gasteiger partial charge on any atom is 0.0946 e. The second-order valence-corrected chi connectivity index (χ2v) is 5.71. The average molecular weight is 239 g/mol. The Kier molecular flexibility index (Phi) is 5.65. The molecule has 1 aromatic rings. The van der Waals surface area contributed by atoms with E-state index in [-0.39, 0.29) is 6.61 Å². The Bertz CT molecular complexity index is 290. The van der Waals surface area contributed by atoms with Crippen molar-refractivity contribution >= 4 is 0 Å². The molecule has 0 radical (unpaired) electrons. The summed E-state index contributed by atoms with van der Waals surface area (Å²) in [5.41, 5.74) is 0.296. The van der Waals surface area contributed by atoms with Gasteiger partial charge in [0.05, 0.1) is 6.33 Å². The molecule has 17 heavy (non-hydrogen) atoms. The first kappa shape index (κ1) is 14.2. The van der Waals surface area contributed by atoms with E-state index in [1.54, 1.807) is 0 Å². The van der Waals surface area contributed by atoms with Crippen LogP contribution >= 0.6 is 0 Å². The average Bonchev–Trinajstić information content (AvgIpc) is 2.73. The number of rotatable bonds is 7. The summed E-state index contributed by atoms with van der Waals surface area (Å²) in [6, 6.07) is 0. The summed E-state index contributed by atoms with van der Waals surface area (Å²) in [4.78, 5) is 6.45. The van der Waals surface area contributed by atoms with Crippen molar-refractivity contribution in [1.29, 1.82) is 0 Å². The van der Waals surface area contributed by atoms with Crippen LogP contribution in [0.2, 0.25) is 0 Å². The fraction of sp³-hybridized carbons (Fsp3) is 0.769. The van der Waals surface area contributed by atoms with Crippen LogP contribution in [0.25, 0.3) is 0 Å². The Morgan fingerprint density at radius 3 is 2.59 bits per heavy atom. The highest BCUT2D eigenvalue weighted by Gasteiger charge is 2.15. The van der Waals surface area contributed by atoms with E-state index in [9.17, 15) is 0 Å². The van der Waals surface area contributed by atoms with Crippen LogP contribution in [0.4, 0.5) is 0 Å². The molecule has 0 saturated heterocycles. The Hall–Kier alpha value is -0.870. The Balaban J connectivity index is 2.39. The van der Waals surface area contributed by atoms with E-state index in [1.807, 2.05) is 18.7 Å². The van der Waals surface area contributed by atoms with Gasteiger partial charge in [-0.25, -0.2) is 4.98 Å². The molecule has 0 atom stereocenters. The predicted molar refractivity (Wildman–Crippen MR) is 69.8 cm³/mol. The third kappa shape index (κ3) is 6.44. The molecule has 0 aliphatic carbocycles. The van der Waals surface area contributed by atoms with Crippen LogP contribution in [0.3, 0.4) is 0 Å². The van der Waals surface area contributed by atoms with Crippen molar-refractivity contribution in [2.24, 2.45) is 5.41 Å². The number of hydrogen-bond donors (Lipinski definition) is 1. The van der Waals surface area contributed by atoms with Crippen molar-refractivity contribution < 1.29 is 5.11 Å². The van der Waals surface area contributed by atoms with Gasteiger partial charge in [-0.05, 0) is 11.8 Å². The van der Waals surface area contributed by atoms with Crippen LogP contribution in [0.5, 0.6) is 0 Å². The normalized spacial score (nSPS) is 12.3. The SMILES string of the molecule is CC(C)(C)CN(CCCO)CCn1ccnc1. The van der Waals surface area contributed by atoms with Crippen molar-refractivity contribution in [1.82, 2.24) is 14.5 Å². The molecule has 1 N–H and O–H groups in total. The van der Waals surface area contributed by atoms with Crippen molar-refractivity contribution in [2.45, 2.75) is 33.7 Å². The quantitative estimate of drug-likeness (QED) is 0.786. The summed E-state index contributed by atoms with van der Waals surface area (Å²) >= 11 is 0. The van der Waals surface area contributed by atoms with E-state index in [0.717, 1.165) is 32.6 Å². The summed E-state index contributed by atoms with van der Waals surface area (Å²) < 4.78 is 2.09. The van der Waals surface area contributed by atoms with E-state index in [2.05, 4.69) is 35.2 Å². The molecule has 4 nitrogen and oxygen atoms in total. The molecule has 0 spiro atoms. The summed E-state index contributed by atoms with van der Waals surface area (Å²) in [7, 11) is 0. The van der Waals surface area contributed by atoms with Crippen molar-refractivity contribution in [3.05, 3.63) is 18.7 Å². The molecule has 4 heteroatoms. The van der Waals surface area contributed by atoms with Crippen LogP contribution in [-0.2, 0) is 6.54 Å². The smallest absolute Gasteiger partial charge is 0.0946 e. The van der Waals surface area contributed by atoms with E-state index >= 15 is 0 Å². The summed E-state index contributed by atoms with van der Waals surface area (Å²) in [6.07, 6.45) is 6.49. The zero-order valence-corrected chi connectivity index (χ0v) is 11.3. The topological polar surface area (TPSA) is 41.3 Å². The van der Waals surface area contributed by atoms with Gasteiger partial charge in [-0.2, -0.15) is 0 Å². The van der Waals surface area contributed by atoms with E-state index in [1.165, 1.54) is 0 Å². The zero-order valence-electron chi connectivity index (χ0n) is 11.3.